The molecule has 0 fully saturated rings. The van der Waals surface area contributed by atoms with Crippen LogP contribution in [0.3, 0.4) is 0 Å². The largest absolute Gasteiger partial charge is 0.368 e. The molecule has 0 heterocycles. The molecule has 1 atom stereocenters. The highest BCUT2D eigenvalue weighted by molar-refractivity contribution is 6.22. The van der Waals surface area contributed by atoms with Crippen molar-refractivity contribution in [2.75, 3.05) is 0 Å². The van der Waals surface area contributed by atoms with Crippen molar-refractivity contribution in [2.24, 2.45) is 0 Å². The van der Waals surface area contributed by atoms with Gasteiger partial charge in [0.25, 0.3) is 0 Å². The van der Waals surface area contributed by atoms with Crippen molar-refractivity contribution in [3.8, 4) is 0 Å². The average Bonchev–Trinajstić information content (AvgIpc) is 2.03. The summed E-state index contributed by atoms with van der Waals surface area (Å²) in [4.78, 5) is 14.2. The third kappa shape index (κ3) is 2.06. The quantitative estimate of drug-likeness (QED) is 0.372. The summed E-state index contributed by atoms with van der Waals surface area (Å²) < 4.78 is 0. The Morgan fingerprint density at radius 1 is 1.82 bits per heavy atom. The summed E-state index contributed by atoms with van der Waals surface area (Å²) in [5, 5.41) is 7.83. The minimum atomic E-state index is -0.736. The number of alkyl halides is 1. The van der Waals surface area contributed by atoms with E-state index in [9.17, 15) is 4.79 Å². The fourth-order valence-electron chi connectivity index (χ4n) is 0.848. The number of carbonyl (C=O) groups is 1. The SMILES string of the molecule is O=C(OO)C1=CC=CC(Cl)C1. The standard InChI is InChI=1S/C7H7ClO3/c8-6-3-1-2-5(4-6)7(9)11-10/h1-3,6,10H,4H2. The van der Waals surface area contributed by atoms with E-state index in [1.165, 1.54) is 0 Å². The van der Waals surface area contributed by atoms with Crippen LogP contribution in [-0.4, -0.2) is 16.6 Å². The van der Waals surface area contributed by atoms with Crippen molar-refractivity contribution < 1.29 is 14.9 Å². The van der Waals surface area contributed by atoms with Crippen molar-refractivity contribution >= 4 is 17.6 Å². The van der Waals surface area contributed by atoms with Crippen LogP contribution in [0.1, 0.15) is 6.42 Å². The second kappa shape index (κ2) is 3.55. The van der Waals surface area contributed by atoms with Crippen molar-refractivity contribution in [1.82, 2.24) is 0 Å². The lowest BCUT2D eigenvalue weighted by Gasteiger charge is -2.08. The van der Waals surface area contributed by atoms with E-state index in [0.29, 0.717) is 12.0 Å². The molecule has 1 aliphatic carbocycles. The minimum absolute atomic E-state index is 0.186. The van der Waals surface area contributed by atoms with Crippen LogP contribution in [-0.2, 0) is 9.68 Å². The van der Waals surface area contributed by atoms with Gasteiger partial charge >= 0.3 is 5.97 Å². The van der Waals surface area contributed by atoms with Gasteiger partial charge in [0.05, 0.1) is 5.38 Å². The maximum absolute atomic E-state index is 10.7. The predicted octanol–water partition coefficient (Wildman–Crippen LogP) is 1.50. The zero-order valence-corrected chi connectivity index (χ0v) is 6.41. The highest BCUT2D eigenvalue weighted by Gasteiger charge is 2.16. The number of carbonyl (C=O) groups excluding carboxylic acids is 1. The van der Waals surface area contributed by atoms with Gasteiger partial charge in [0.1, 0.15) is 0 Å². The predicted molar refractivity (Wildman–Crippen MR) is 40.2 cm³/mol. The molecule has 0 aromatic carbocycles. The summed E-state index contributed by atoms with van der Waals surface area (Å²) in [6.07, 6.45) is 5.39. The maximum atomic E-state index is 10.7. The molecule has 0 spiro atoms. The van der Waals surface area contributed by atoms with E-state index in [0.717, 1.165) is 0 Å². The van der Waals surface area contributed by atoms with E-state index < -0.39 is 5.97 Å². The maximum Gasteiger partial charge on any atom is 0.368 e. The van der Waals surface area contributed by atoms with Crippen LogP contribution < -0.4 is 0 Å². The Balaban J connectivity index is 2.66. The van der Waals surface area contributed by atoms with Crippen molar-refractivity contribution in [1.29, 1.82) is 0 Å². The topological polar surface area (TPSA) is 46.5 Å². The summed E-state index contributed by atoms with van der Waals surface area (Å²) in [5.74, 6) is -0.736. The molecule has 1 unspecified atom stereocenters. The van der Waals surface area contributed by atoms with Gasteiger partial charge in [-0.15, -0.1) is 11.6 Å². The Labute approximate surface area is 68.8 Å². The van der Waals surface area contributed by atoms with E-state index in [-0.39, 0.29) is 5.38 Å². The van der Waals surface area contributed by atoms with Gasteiger partial charge in [-0.25, -0.2) is 4.79 Å². The summed E-state index contributed by atoms with van der Waals surface area (Å²) in [6, 6.07) is 0. The Morgan fingerprint density at radius 2 is 2.55 bits per heavy atom. The van der Waals surface area contributed by atoms with Crippen LogP contribution >= 0.6 is 11.6 Å². The molecule has 0 aromatic rings. The lowest BCUT2D eigenvalue weighted by Crippen LogP contribution is -2.11. The second-order valence-corrected chi connectivity index (χ2v) is 2.74. The van der Waals surface area contributed by atoms with Gasteiger partial charge in [-0.05, 0) is 6.42 Å². The Morgan fingerprint density at radius 3 is 3.09 bits per heavy atom. The number of halogens is 1. The number of hydrogen-bond donors (Lipinski definition) is 1. The molecule has 0 bridgehead atoms. The Hall–Kier alpha value is -0.800. The van der Waals surface area contributed by atoms with Gasteiger partial charge in [0.15, 0.2) is 0 Å². The highest BCUT2D eigenvalue weighted by Crippen LogP contribution is 2.17. The van der Waals surface area contributed by atoms with E-state index in [4.69, 9.17) is 16.9 Å². The fraction of sp³-hybridized carbons (Fsp3) is 0.286. The van der Waals surface area contributed by atoms with Gasteiger partial charge in [0.2, 0.25) is 0 Å². The number of allylic oxidation sites excluding steroid dienone is 3. The smallest absolute Gasteiger partial charge is 0.296 e. The number of rotatable bonds is 1. The molecule has 4 heteroatoms. The van der Waals surface area contributed by atoms with Crippen LogP contribution in [0.15, 0.2) is 23.8 Å². The van der Waals surface area contributed by atoms with Crippen LogP contribution in [0.25, 0.3) is 0 Å². The third-order valence-electron chi connectivity index (χ3n) is 1.38. The molecule has 0 aromatic heterocycles. The lowest BCUT2D eigenvalue weighted by molar-refractivity contribution is -0.229. The van der Waals surface area contributed by atoms with Gasteiger partial charge in [0, 0.05) is 5.57 Å². The van der Waals surface area contributed by atoms with Gasteiger partial charge in [-0.2, -0.15) is 5.26 Å². The summed E-state index contributed by atoms with van der Waals surface area (Å²) >= 11 is 5.70. The molecule has 0 saturated heterocycles. The molecule has 0 radical (unpaired) electrons. The molecular weight excluding hydrogens is 168 g/mol. The molecule has 0 aliphatic heterocycles. The third-order valence-corrected chi connectivity index (χ3v) is 1.68. The van der Waals surface area contributed by atoms with Crippen LogP contribution in [0, 0.1) is 0 Å². The molecule has 1 aliphatic rings. The van der Waals surface area contributed by atoms with Gasteiger partial charge < -0.3 is 0 Å². The van der Waals surface area contributed by atoms with Crippen molar-refractivity contribution in [3.63, 3.8) is 0 Å². The second-order valence-electron chi connectivity index (χ2n) is 2.18. The summed E-state index contributed by atoms with van der Waals surface area (Å²) in [6.45, 7) is 0. The Kier molecular flexibility index (Phi) is 2.68. The van der Waals surface area contributed by atoms with Gasteiger partial charge in [-0.3, -0.25) is 4.89 Å². The van der Waals surface area contributed by atoms with E-state index >= 15 is 0 Å². The van der Waals surface area contributed by atoms with Crippen LogP contribution in [0.5, 0.6) is 0 Å². The number of hydrogen-bond acceptors (Lipinski definition) is 3. The minimum Gasteiger partial charge on any atom is -0.296 e. The fourth-order valence-corrected chi connectivity index (χ4v) is 1.10. The summed E-state index contributed by atoms with van der Waals surface area (Å²) in [5.41, 5.74) is 0.384. The molecule has 0 amide bonds. The van der Waals surface area contributed by atoms with Crippen LogP contribution in [0.4, 0.5) is 0 Å². The first kappa shape index (κ1) is 8.30. The van der Waals surface area contributed by atoms with E-state index in [1.807, 2.05) is 0 Å². The molecule has 1 rings (SSSR count). The Bertz CT molecular complexity index is 220. The monoisotopic (exact) mass is 174 g/mol. The average molecular weight is 175 g/mol. The van der Waals surface area contributed by atoms with Crippen molar-refractivity contribution in [3.05, 3.63) is 23.8 Å². The van der Waals surface area contributed by atoms with Crippen molar-refractivity contribution in [2.45, 2.75) is 11.8 Å². The van der Waals surface area contributed by atoms with Gasteiger partial charge in [-0.1, -0.05) is 18.2 Å². The first-order valence-corrected chi connectivity index (χ1v) is 3.55. The highest BCUT2D eigenvalue weighted by atomic mass is 35.5. The zero-order valence-electron chi connectivity index (χ0n) is 5.66. The molecule has 11 heavy (non-hydrogen) atoms. The van der Waals surface area contributed by atoms with E-state index in [1.54, 1.807) is 18.2 Å². The van der Waals surface area contributed by atoms with Crippen LogP contribution in [0.2, 0.25) is 0 Å². The first-order chi connectivity index (χ1) is 5.24. The first-order valence-electron chi connectivity index (χ1n) is 3.11. The molecular formula is C7H7ClO3. The van der Waals surface area contributed by atoms with E-state index in [2.05, 4.69) is 4.89 Å². The lowest BCUT2D eigenvalue weighted by atomic mass is 10.1. The molecule has 3 nitrogen and oxygen atoms in total. The molecule has 60 valence electrons. The molecule has 1 N–H and O–H groups in total. The summed E-state index contributed by atoms with van der Waals surface area (Å²) in [7, 11) is 0. The molecule has 0 saturated carbocycles. The zero-order chi connectivity index (χ0) is 8.27. The normalized spacial score (nSPS) is 22.7.